The van der Waals surface area contributed by atoms with Gasteiger partial charge < -0.3 is 15.4 Å². The Morgan fingerprint density at radius 1 is 1.33 bits per heavy atom. The van der Waals surface area contributed by atoms with Crippen molar-refractivity contribution >= 4 is 34.7 Å². The predicted octanol–water partition coefficient (Wildman–Crippen LogP) is 3.34. The Hall–Kier alpha value is -2.06. The molecule has 0 aliphatic rings. The van der Waals surface area contributed by atoms with E-state index in [0.29, 0.717) is 17.4 Å². The average molecular weight is 373 g/mol. The monoisotopic (exact) mass is 372 g/mol. The molecule has 1 heterocycles. The molecular weight excluding hydrogens is 358 g/mol. The number of aromatic nitrogens is 2. The molecule has 2 N–H and O–H groups in total. The maximum atomic E-state index is 14.2. The summed E-state index contributed by atoms with van der Waals surface area (Å²) >= 11 is 11.0. The molecule has 0 saturated heterocycles. The van der Waals surface area contributed by atoms with Crippen LogP contribution in [0.3, 0.4) is 0 Å². The molecule has 0 spiro atoms. The van der Waals surface area contributed by atoms with Crippen LogP contribution in [-0.4, -0.2) is 28.5 Å². The lowest BCUT2D eigenvalue weighted by atomic mass is 10.1. The van der Waals surface area contributed by atoms with Gasteiger partial charge in [-0.25, -0.2) is 8.78 Å². The average Bonchev–Trinajstić information content (AvgIpc) is 2.55. The fourth-order valence-corrected chi connectivity index (χ4v) is 2.27. The normalized spacial score (nSPS) is 10.3. The zero-order valence-corrected chi connectivity index (χ0v) is 14.3. The number of anilines is 1. The SMILES string of the molecule is CCOc1ccc(F)c(CCNC(=S)Nc2nnccc2Cl)c1F. The van der Waals surface area contributed by atoms with E-state index in [1.165, 1.54) is 18.3 Å². The number of thiocarbonyl (C=S) groups is 1. The van der Waals surface area contributed by atoms with Gasteiger partial charge in [0.05, 0.1) is 17.8 Å². The van der Waals surface area contributed by atoms with Crippen molar-refractivity contribution in [1.82, 2.24) is 15.5 Å². The summed E-state index contributed by atoms with van der Waals surface area (Å²) < 4.78 is 33.1. The standard InChI is InChI=1S/C15H15ClF2N4OS/c1-2-23-12-4-3-11(17)9(13(12)18)5-7-19-15(24)21-14-10(16)6-8-20-22-14/h3-4,6,8H,2,5,7H2,1H3,(H2,19,21,22,24). The van der Waals surface area contributed by atoms with Crippen molar-refractivity contribution in [3.63, 3.8) is 0 Å². The van der Waals surface area contributed by atoms with Gasteiger partial charge in [-0.1, -0.05) is 11.6 Å². The van der Waals surface area contributed by atoms with Crippen LogP contribution in [0, 0.1) is 11.6 Å². The van der Waals surface area contributed by atoms with Crippen molar-refractivity contribution in [1.29, 1.82) is 0 Å². The van der Waals surface area contributed by atoms with Gasteiger partial charge in [0, 0.05) is 12.1 Å². The number of halogens is 3. The Morgan fingerprint density at radius 3 is 2.83 bits per heavy atom. The first kappa shape index (κ1) is 18.3. The Morgan fingerprint density at radius 2 is 2.12 bits per heavy atom. The van der Waals surface area contributed by atoms with E-state index in [0.717, 1.165) is 0 Å². The minimum absolute atomic E-state index is 0.0287. The van der Waals surface area contributed by atoms with Crippen LogP contribution in [0.15, 0.2) is 24.4 Å². The fraction of sp³-hybridized carbons (Fsp3) is 0.267. The summed E-state index contributed by atoms with van der Waals surface area (Å²) in [6, 6.07) is 4.01. The molecule has 0 atom stereocenters. The molecule has 0 unspecified atom stereocenters. The van der Waals surface area contributed by atoms with Crippen LogP contribution in [0.2, 0.25) is 5.02 Å². The van der Waals surface area contributed by atoms with Crippen LogP contribution in [0.25, 0.3) is 0 Å². The molecule has 128 valence electrons. The molecule has 24 heavy (non-hydrogen) atoms. The van der Waals surface area contributed by atoms with Crippen LogP contribution in [0.4, 0.5) is 14.6 Å². The third kappa shape index (κ3) is 4.72. The Labute approximate surface area is 148 Å². The molecule has 0 aliphatic carbocycles. The highest BCUT2D eigenvalue weighted by Crippen LogP contribution is 2.23. The molecular formula is C15H15ClF2N4OS. The zero-order valence-electron chi connectivity index (χ0n) is 12.8. The van der Waals surface area contributed by atoms with Gasteiger partial charge in [0.2, 0.25) is 0 Å². The van der Waals surface area contributed by atoms with Gasteiger partial charge in [0.25, 0.3) is 0 Å². The van der Waals surface area contributed by atoms with Gasteiger partial charge >= 0.3 is 0 Å². The lowest BCUT2D eigenvalue weighted by Gasteiger charge is -2.12. The quantitative estimate of drug-likeness (QED) is 0.758. The van der Waals surface area contributed by atoms with E-state index in [9.17, 15) is 8.78 Å². The number of nitrogens with zero attached hydrogens (tertiary/aromatic N) is 2. The van der Waals surface area contributed by atoms with Crippen molar-refractivity contribution in [3.05, 3.63) is 46.6 Å². The summed E-state index contributed by atoms with van der Waals surface area (Å²) in [5.41, 5.74) is -0.0613. The first-order valence-electron chi connectivity index (χ1n) is 7.14. The van der Waals surface area contributed by atoms with E-state index in [-0.39, 0.29) is 29.4 Å². The van der Waals surface area contributed by atoms with E-state index in [2.05, 4.69) is 20.8 Å². The van der Waals surface area contributed by atoms with Gasteiger partial charge in [0.1, 0.15) is 5.82 Å². The van der Waals surface area contributed by atoms with Crippen molar-refractivity contribution in [2.45, 2.75) is 13.3 Å². The summed E-state index contributed by atoms with van der Waals surface area (Å²) in [6.45, 7) is 2.24. The molecule has 0 fully saturated rings. The number of hydrogen-bond acceptors (Lipinski definition) is 4. The molecule has 0 bridgehead atoms. The molecule has 9 heteroatoms. The second-order valence-corrected chi connectivity index (χ2v) is 5.45. The molecule has 0 radical (unpaired) electrons. The summed E-state index contributed by atoms with van der Waals surface area (Å²) in [5.74, 6) is -1.00. The Kier molecular flexibility index (Phi) is 6.62. The number of nitrogens with one attached hydrogen (secondary N) is 2. The lowest BCUT2D eigenvalue weighted by molar-refractivity contribution is 0.318. The molecule has 1 aromatic heterocycles. The lowest BCUT2D eigenvalue weighted by Crippen LogP contribution is -2.31. The third-order valence-corrected chi connectivity index (χ3v) is 3.57. The van der Waals surface area contributed by atoms with Crippen LogP contribution >= 0.6 is 23.8 Å². The highest BCUT2D eigenvalue weighted by Gasteiger charge is 2.14. The second kappa shape index (κ2) is 8.70. The van der Waals surface area contributed by atoms with Crippen LogP contribution in [0.5, 0.6) is 5.75 Å². The largest absolute Gasteiger partial charge is 0.491 e. The van der Waals surface area contributed by atoms with E-state index < -0.39 is 11.6 Å². The summed E-state index contributed by atoms with van der Waals surface area (Å²) in [5, 5.41) is 13.6. The molecule has 0 saturated carbocycles. The molecule has 2 rings (SSSR count). The zero-order chi connectivity index (χ0) is 17.5. The molecule has 1 aromatic carbocycles. The topological polar surface area (TPSA) is 59.1 Å². The molecule has 5 nitrogen and oxygen atoms in total. The maximum absolute atomic E-state index is 14.2. The third-order valence-electron chi connectivity index (χ3n) is 3.01. The highest BCUT2D eigenvalue weighted by molar-refractivity contribution is 7.80. The Balaban J connectivity index is 1.93. The van der Waals surface area contributed by atoms with E-state index in [4.69, 9.17) is 28.6 Å². The summed E-state index contributed by atoms with van der Waals surface area (Å²) in [4.78, 5) is 0. The maximum Gasteiger partial charge on any atom is 0.173 e. The Bertz CT molecular complexity index is 733. The van der Waals surface area contributed by atoms with E-state index in [1.54, 1.807) is 13.0 Å². The van der Waals surface area contributed by atoms with Gasteiger partial charge in [0.15, 0.2) is 22.5 Å². The fourth-order valence-electron chi connectivity index (χ4n) is 1.93. The van der Waals surface area contributed by atoms with Crippen LogP contribution in [-0.2, 0) is 6.42 Å². The van der Waals surface area contributed by atoms with Gasteiger partial charge in [-0.2, -0.15) is 5.10 Å². The van der Waals surface area contributed by atoms with Gasteiger partial charge in [-0.15, -0.1) is 5.10 Å². The number of hydrogen-bond donors (Lipinski definition) is 2. The van der Waals surface area contributed by atoms with Crippen molar-refractivity contribution < 1.29 is 13.5 Å². The second-order valence-electron chi connectivity index (χ2n) is 4.63. The van der Waals surface area contributed by atoms with Crippen molar-refractivity contribution in [3.8, 4) is 5.75 Å². The first-order valence-corrected chi connectivity index (χ1v) is 7.93. The van der Waals surface area contributed by atoms with Crippen LogP contribution in [0.1, 0.15) is 12.5 Å². The minimum atomic E-state index is -0.700. The van der Waals surface area contributed by atoms with Crippen LogP contribution < -0.4 is 15.4 Å². The first-order chi connectivity index (χ1) is 11.5. The molecule has 2 aromatic rings. The van der Waals surface area contributed by atoms with E-state index in [1.807, 2.05) is 0 Å². The summed E-state index contributed by atoms with van der Waals surface area (Å²) in [6.07, 6.45) is 1.54. The van der Waals surface area contributed by atoms with E-state index >= 15 is 0 Å². The smallest absolute Gasteiger partial charge is 0.173 e. The number of ether oxygens (including phenoxy) is 1. The number of benzene rings is 1. The predicted molar refractivity (Wildman–Crippen MR) is 92.5 cm³/mol. The summed E-state index contributed by atoms with van der Waals surface area (Å²) in [7, 11) is 0. The van der Waals surface area contributed by atoms with Gasteiger partial charge in [-0.05, 0) is 43.8 Å². The van der Waals surface area contributed by atoms with Gasteiger partial charge in [-0.3, -0.25) is 0 Å². The molecule has 0 amide bonds. The minimum Gasteiger partial charge on any atom is -0.491 e. The molecule has 0 aliphatic heterocycles. The van der Waals surface area contributed by atoms with Crippen molar-refractivity contribution in [2.75, 3.05) is 18.5 Å². The van der Waals surface area contributed by atoms with Crippen molar-refractivity contribution in [2.24, 2.45) is 0 Å². The highest BCUT2D eigenvalue weighted by atomic mass is 35.5. The number of rotatable bonds is 6.